The third kappa shape index (κ3) is 4.69. The number of fused-ring (bicyclic) bond motifs is 1. The fourth-order valence-electron chi connectivity index (χ4n) is 3.14. The number of carbonyl (C=O) groups is 1. The standard InChI is InChI=1S/C21H20FN5O3S2/c1-13-19(31-21-25-20(26-27(13)21)15-3-5-16(22)6-4-15)11-12-23-32(29,30)18-9-7-17(8-10-18)24-14(2)28/h3-10,23H,11-12H2,1-2H3,(H,24,28). The summed E-state index contributed by atoms with van der Waals surface area (Å²) in [5, 5.41) is 7.09. The molecule has 0 aliphatic rings. The second-order valence-electron chi connectivity index (χ2n) is 7.10. The number of aryl methyl sites for hydroxylation is 1. The number of hydrogen-bond acceptors (Lipinski definition) is 6. The van der Waals surface area contributed by atoms with Crippen LogP contribution in [0.4, 0.5) is 10.1 Å². The minimum Gasteiger partial charge on any atom is -0.326 e. The van der Waals surface area contributed by atoms with Crippen molar-refractivity contribution in [3.05, 3.63) is 64.9 Å². The molecule has 0 aliphatic carbocycles. The van der Waals surface area contributed by atoms with E-state index in [0.717, 1.165) is 16.1 Å². The van der Waals surface area contributed by atoms with E-state index in [2.05, 4.69) is 20.1 Å². The molecule has 0 radical (unpaired) electrons. The Balaban J connectivity index is 1.42. The van der Waals surface area contributed by atoms with E-state index in [-0.39, 0.29) is 23.2 Å². The number of carbonyl (C=O) groups excluding carboxylic acids is 1. The number of benzene rings is 2. The van der Waals surface area contributed by atoms with Crippen molar-refractivity contribution in [2.24, 2.45) is 0 Å². The first-order valence-corrected chi connectivity index (χ1v) is 12.0. The Bertz CT molecular complexity index is 1380. The van der Waals surface area contributed by atoms with Gasteiger partial charge in [0.2, 0.25) is 20.9 Å². The molecule has 4 aromatic rings. The molecule has 1 amide bonds. The average molecular weight is 474 g/mol. The molecule has 32 heavy (non-hydrogen) atoms. The van der Waals surface area contributed by atoms with Gasteiger partial charge in [0.05, 0.1) is 10.6 Å². The van der Waals surface area contributed by atoms with Crippen LogP contribution in [0.2, 0.25) is 0 Å². The highest BCUT2D eigenvalue weighted by Gasteiger charge is 2.17. The molecule has 0 fully saturated rings. The number of halogens is 1. The number of anilines is 1. The van der Waals surface area contributed by atoms with Crippen molar-refractivity contribution in [1.82, 2.24) is 19.3 Å². The minimum atomic E-state index is -3.68. The molecule has 0 atom stereocenters. The third-order valence-corrected chi connectivity index (χ3v) is 7.41. The van der Waals surface area contributed by atoms with Gasteiger partial charge in [0, 0.05) is 29.6 Å². The average Bonchev–Trinajstić information content (AvgIpc) is 3.28. The Morgan fingerprint density at radius 2 is 1.81 bits per heavy atom. The van der Waals surface area contributed by atoms with E-state index >= 15 is 0 Å². The zero-order valence-corrected chi connectivity index (χ0v) is 18.9. The van der Waals surface area contributed by atoms with E-state index < -0.39 is 10.0 Å². The van der Waals surface area contributed by atoms with Crippen LogP contribution < -0.4 is 10.0 Å². The lowest BCUT2D eigenvalue weighted by Crippen LogP contribution is -2.26. The van der Waals surface area contributed by atoms with Gasteiger partial charge in [0.1, 0.15) is 5.82 Å². The summed E-state index contributed by atoms with van der Waals surface area (Å²) in [6, 6.07) is 11.9. The number of thiazole rings is 1. The van der Waals surface area contributed by atoms with E-state index in [1.54, 1.807) is 28.8 Å². The lowest BCUT2D eigenvalue weighted by molar-refractivity contribution is -0.114. The van der Waals surface area contributed by atoms with Crippen LogP contribution >= 0.6 is 11.3 Å². The highest BCUT2D eigenvalue weighted by atomic mass is 32.2. The van der Waals surface area contributed by atoms with Crippen molar-refractivity contribution in [3.8, 4) is 11.4 Å². The number of sulfonamides is 1. The van der Waals surface area contributed by atoms with Crippen molar-refractivity contribution in [2.45, 2.75) is 25.2 Å². The largest absolute Gasteiger partial charge is 0.326 e. The summed E-state index contributed by atoms with van der Waals surface area (Å²) >= 11 is 1.44. The van der Waals surface area contributed by atoms with Crippen LogP contribution in [-0.4, -0.2) is 35.5 Å². The lowest BCUT2D eigenvalue weighted by Gasteiger charge is -2.08. The van der Waals surface area contributed by atoms with Crippen LogP contribution in [0, 0.1) is 12.7 Å². The normalized spacial score (nSPS) is 11.7. The van der Waals surface area contributed by atoms with Crippen molar-refractivity contribution in [3.63, 3.8) is 0 Å². The first-order valence-electron chi connectivity index (χ1n) is 9.71. The van der Waals surface area contributed by atoms with Gasteiger partial charge >= 0.3 is 0 Å². The second kappa shape index (κ2) is 8.77. The van der Waals surface area contributed by atoms with Gasteiger partial charge in [-0.1, -0.05) is 11.3 Å². The number of aromatic nitrogens is 3. The zero-order valence-electron chi connectivity index (χ0n) is 17.3. The van der Waals surface area contributed by atoms with Crippen molar-refractivity contribution in [2.75, 3.05) is 11.9 Å². The third-order valence-electron chi connectivity index (χ3n) is 4.74. The van der Waals surface area contributed by atoms with Gasteiger partial charge in [0.15, 0.2) is 5.82 Å². The summed E-state index contributed by atoms with van der Waals surface area (Å²) in [7, 11) is -3.68. The molecule has 4 rings (SSSR count). The molecule has 11 heteroatoms. The summed E-state index contributed by atoms with van der Waals surface area (Å²) in [5.41, 5.74) is 2.13. The van der Waals surface area contributed by atoms with E-state index in [4.69, 9.17) is 0 Å². The van der Waals surface area contributed by atoms with Crippen molar-refractivity contribution < 1.29 is 17.6 Å². The fraction of sp³-hybridized carbons (Fsp3) is 0.190. The molecular formula is C21H20FN5O3S2. The van der Waals surface area contributed by atoms with Crippen molar-refractivity contribution >= 4 is 37.9 Å². The van der Waals surface area contributed by atoms with Gasteiger partial charge in [-0.05, 0) is 61.9 Å². The topological polar surface area (TPSA) is 105 Å². The smallest absolute Gasteiger partial charge is 0.240 e. The molecule has 2 aromatic carbocycles. The quantitative estimate of drug-likeness (QED) is 0.428. The van der Waals surface area contributed by atoms with Crippen LogP contribution in [0.5, 0.6) is 0 Å². The number of nitrogens with zero attached hydrogens (tertiary/aromatic N) is 3. The molecule has 0 saturated carbocycles. The number of rotatable bonds is 7. The minimum absolute atomic E-state index is 0.120. The van der Waals surface area contributed by atoms with Gasteiger partial charge < -0.3 is 5.32 Å². The number of amides is 1. The molecule has 0 saturated heterocycles. The number of hydrogen-bond donors (Lipinski definition) is 2. The molecule has 8 nitrogen and oxygen atoms in total. The summed E-state index contributed by atoms with van der Waals surface area (Å²) < 4.78 is 42.5. The van der Waals surface area contributed by atoms with Crippen LogP contribution in [0.1, 0.15) is 17.5 Å². The van der Waals surface area contributed by atoms with Gasteiger partial charge in [-0.2, -0.15) is 4.98 Å². The van der Waals surface area contributed by atoms with Gasteiger partial charge in [-0.25, -0.2) is 22.0 Å². The predicted octanol–water partition coefficient (Wildman–Crippen LogP) is 3.38. The highest BCUT2D eigenvalue weighted by molar-refractivity contribution is 7.89. The summed E-state index contributed by atoms with van der Waals surface area (Å²) in [6.07, 6.45) is 0.483. The Morgan fingerprint density at radius 1 is 1.12 bits per heavy atom. The lowest BCUT2D eigenvalue weighted by atomic mass is 10.2. The summed E-state index contributed by atoms with van der Waals surface area (Å²) in [6.45, 7) is 3.50. The molecule has 2 heterocycles. The van der Waals surface area contributed by atoms with E-state index in [1.165, 1.54) is 42.5 Å². The molecular weight excluding hydrogens is 453 g/mol. The second-order valence-corrected chi connectivity index (χ2v) is 9.93. The summed E-state index contributed by atoms with van der Waals surface area (Å²) in [5.74, 6) is -0.0376. The van der Waals surface area contributed by atoms with E-state index in [1.807, 2.05) is 6.92 Å². The van der Waals surface area contributed by atoms with Crippen LogP contribution in [0.25, 0.3) is 16.3 Å². The SMILES string of the molecule is CC(=O)Nc1ccc(S(=O)(=O)NCCc2sc3nc(-c4ccc(F)cc4)nn3c2C)cc1. The zero-order chi connectivity index (χ0) is 22.9. The van der Waals surface area contributed by atoms with Crippen molar-refractivity contribution in [1.29, 1.82) is 0 Å². The Labute approximate surface area is 188 Å². The number of nitrogens with one attached hydrogen (secondary N) is 2. The Hall–Kier alpha value is -3.15. The van der Waals surface area contributed by atoms with E-state index in [0.29, 0.717) is 22.9 Å². The Morgan fingerprint density at radius 3 is 2.44 bits per heavy atom. The Kier molecular flexibility index (Phi) is 6.04. The molecule has 0 spiro atoms. The van der Waals surface area contributed by atoms with E-state index in [9.17, 15) is 17.6 Å². The van der Waals surface area contributed by atoms with Gasteiger partial charge in [0.25, 0.3) is 0 Å². The molecule has 2 N–H and O–H groups in total. The predicted molar refractivity (Wildman–Crippen MR) is 121 cm³/mol. The van der Waals surface area contributed by atoms with Crippen LogP contribution in [0.15, 0.2) is 53.4 Å². The molecule has 2 aromatic heterocycles. The maximum absolute atomic E-state index is 13.1. The monoisotopic (exact) mass is 473 g/mol. The van der Waals surface area contributed by atoms with Gasteiger partial charge in [-0.15, -0.1) is 5.10 Å². The van der Waals surface area contributed by atoms with Gasteiger partial charge in [-0.3, -0.25) is 4.79 Å². The van der Waals surface area contributed by atoms with Crippen LogP contribution in [-0.2, 0) is 21.2 Å². The first-order chi connectivity index (χ1) is 15.2. The first kappa shape index (κ1) is 22.1. The fourth-order valence-corrected chi connectivity index (χ4v) is 5.23. The maximum Gasteiger partial charge on any atom is 0.240 e. The highest BCUT2D eigenvalue weighted by Crippen LogP contribution is 2.25. The molecule has 0 bridgehead atoms. The van der Waals surface area contributed by atoms with Crippen LogP contribution in [0.3, 0.4) is 0 Å². The molecule has 0 aliphatic heterocycles. The summed E-state index contributed by atoms with van der Waals surface area (Å²) in [4.78, 5) is 17.4. The maximum atomic E-state index is 13.1. The molecule has 0 unspecified atom stereocenters. The molecule has 166 valence electrons.